The molecule has 2 heterocycles. The number of nitrogens with zero attached hydrogens (tertiary/aromatic N) is 1. The third kappa shape index (κ3) is 4.44. The molecule has 9 nitrogen and oxygen atoms in total. The van der Waals surface area contributed by atoms with E-state index in [-0.39, 0.29) is 16.1 Å². The Balaban J connectivity index is 1.38. The number of anilines is 2. The van der Waals surface area contributed by atoms with Gasteiger partial charge in [-0.1, -0.05) is 24.3 Å². The van der Waals surface area contributed by atoms with E-state index in [0.717, 1.165) is 5.56 Å². The number of amides is 1. The number of hydrogen-bond donors (Lipinski definition) is 2. The SMILES string of the molecule is O=C(Nc1cccc(-c2cnco2)c1)c1ccccc1NS(=O)(=O)c1ccc2c(c1)OCCO2. The van der Waals surface area contributed by atoms with Crippen LogP contribution in [0.5, 0.6) is 11.5 Å². The number of carbonyl (C=O) groups excluding carboxylic acids is 1. The number of sulfonamides is 1. The van der Waals surface area contributed by atoms with Gasteiger partial charge >= 0.3 is 0 Å². The van der Waals surface area contributed by atoms with Crippen LogP contribution >= 0.6 is 0 Å². The number of oxazole rings is 1. The van der Waals surface area contributed by atoms with Crippen LogP contribution in [0.15, 0.2) is 88.6 Å². The first kappa shape index (κ1) is 21.5. The lowest BCUT2D eigenvalue weighted by Gasteiger charge is -2.19. The van der Waals surface area contributed by atoms with Crippen molar-refractivity contribution < 1.29 is 27.1 Å². The lowest BCUT2D eigenvalue weighted by atomic mass is 10.1. The van der Waals surface area contributed by atoms with Crippen molar-refractivity contribution in [3.8, 4) is 22.8 Å². The second-order valence-electron chi connectivity index (χ2n) is 7.36. The molecule has 0 atom stereocenters. The van der Waals surface area contributed by atoms with E-state index < -0.39 is 15.9 Å². The molecule has 34 heavy (non-hydrogen) atoms. The van der Waals surface area contributed by atoms with Gasteiger partial charge in [0.25, 0.3) is 15.9 Å². The first-order valence-electron chi connectivity index (χ1n) is 10.3. The lowest BCUT2D eigenvalue weighted by Crippen LogP contribution is -2.19. The van der Waals surface area contributed by atoms with Crippen molar-refractivity contribution in [2.75, 3.05) is 23.3 Å². The second kappa shape index (κ2) is 8.91. The molecule has 10 heteroatoms. The van der Waals surface area contributed by atoms with Crippen LogP contribution in [0, 0.1) is 0 Å². The van der Waals surface area contributed by atoms with Gasteiger partial charge in [-0.05, 0) is 36.4 Å². The number of benzene rings is 3. The van der Waals surface area contributed by atoms with Gasteiger partial charge in [0, 0.05) is 17.3 Å². The minimum absolute atomic E-state index is 0.00767. The van der Waals surface area contributed by atoms with Gasteiger partial charge in [-0.3, -0.25) is 9.52 Å². The number of carbonyl (C=O) groups is 1. The Morgan fingerprint density at radius 1 is 0.912 bits per heavy atom. The topological polar surface area (TPSA) is 120 Å². The number of rotatable bonds is 6. The van der Waals surface area contributed by atoms with Crippen molar-refractivity contribution in [1.82, 2.24) is 4.98 Å². The highest BCUT2D eigenvalue weighted by Crippen LogP contribution is 2.33. The zero-order valence-corrected chi connectivity index (χ0v) is 18.5. The molecule has 1 amide bonds. The summed E-state index contributed by atoms with van der Waals surface area (Å²) in [6.45, 7) is 0.742. The fourth-order valence-corrected chi connectivity index (χ4v) is 4.57. The molecule has 5 rings (SSSR count). The van der Waals surface area contributed by atoms with Crippen LogP contribution in [-0.4, -0.2) is 32.5 Å². The summed E-state index contributed by atoms with van der Waals surface area (Å²) in [5.41, 5.74) is 1.56. The molecule has 3 aromatic carbocycles. The number of aromatic nitrogens is 1. The van der Waals surface area contributed by atoms with E-state index in [9.17, 15) is 13.2 Å². The van der Waals surface area contributed by atoms with Gasteiger partial charge in [0.05, 0.1) is 22.3 Å². The van der Waals surface area contributed by atoms with Gasteiger partial charge in [-0.2, -0.15) is 0 Å². The van der Waals surface area contributed by atoms with Crippen LogP contribution in [0.2, 0.25) is 0 Å². The highest BCUT2D eigenvalue weighted by atomic mass is 32.2. The van der Waals surface area contributed by atoms with Gasteiger partial charge in [-0.25, -0.2) is 13.4 Å². The molecule has 0 aliphatic carbocycles. The summed E-state index contributed by atoms with van der Waals surface area (Å²) >= 11 is 0. The first-order chi connectivity index (χ1) is 16.5. The molecule has 172 valence electrons. The maximum absolute atomic E-state index is 13.0. The third-order valence-corrected chi connectivity index (χ3v) is 6.44. The summed E-state index contributed by atoms with van der Waals surface area (Å²) in [5.74, 6) is 0.920. The van der Waals surface area contributed by atoms with Crippen molar-refractivity contribution in [1.29, 1.82) is 0 Å². The van der Waals surface area contributed by atoms with Crippen molar-refractivity contribution >= 4 is 27.3 Å². The van der Waals surface area contributed by atoms with Crippen molar-refractivity contribution in [3.63, 3.8) is 0 Å². The van der Waals surface area contributed by atoms with Gasteiger partial charge in [-0.15, -0.1) is 0 Å². The van der Waals surface area contributed by atoms with Gasteiger partial charge in [0.2, 0.25) is 0 Å². The molecule has 0 unspecified atom stereocenters. The zero-order valence-electron chi connectivity index (χ0n) is 17.7. The predicted molar refractivity (Wildman–Crippen MR) is 125 cm³/mol. The van der Waals surface area contributed by atoms with Crippen LogP contribution in [0.4, 0.5) is 11.4 Å². The molecule has 2 N–H and O–H groups in total. The van der Waals surface area contributed by atoms with E-state index in [2.05, 4.69) is 15.0 Å². The Hall–Kier alpha value is -4.31. The fourth-order valence-electron chi connectivity index (χ4n) is 3.47. The average molecular weight is 477 g/mol. The highest BCUT2D eigenvalue weighted by Gasteiger charge is 2.22. The molecule has 0 bridgehead atoms. The summed E-state index contributed by atoms with van der Waals surface area (Å²) in [7, 11) is -4.00. The van der Waals surface area contributed by atoms with E-state index in [1.165, 1.54) is 30.7 Å². The van der Waals surface area contributed by atoms with E-state index in [1.807, 2.05) is 6.07 Å². The van der Waals surface area contributed by atoms with Gasteiger partial charge in [0.1, 0.15) is 13.2 Å². The predicted octanol–water partition coefficient (Wildman–Crippen LogP) is 4.17. The monoisotopic (exact) mass is 477 g/mol. The Bertz CT molecular complexity index is 1450. The standard InChI is InChI=1S/C24H19N3O6S/c28-24(26-17-5-3-4-16(12-17)23-14-25-15-33-23)19-6-1-2-7-20(19)27-34(29,30)18-8-9-21-22(13-18)32-11-10-31-21/h1-9,12-15,27H,10-11H2,(H,26,28). The van der Waals surface area contributed by atoms with Crippen molar-refractivity contribution in [3.05, 3.63) is 84.9 Å². The minimum atomic E-state index is -4.00. The lowest BCUT2D eigenvalue weighted by molar-refractivity contribution is 0.102. The zero-order chi connectivity index (χ0) is 23.5. The summed E-state index contributed by atoms with van der Waals surface area (Å²) in [4.78, 5) is 16.9. The molecular formula is C24H19N3O6S. The maximum Gasteiger partial charge on any atom is 0.262 e. The molecule has 1 aliphatic heterocycles. The maximum atomic E-state index is 13.0. The van der Waals surface area contributed by atoms with Crippen LogP contribution < -0.4 is 19.5 Å². The van der Waals surface area contributed by atoms with Crippen LogP contribution in [0.1, 0.15) is 10.4 Å². The van der Waals surface area contributed by atoms with E-state index in [0.29, 0.717) is 36.2 Å². The summed E-state index contributed by atoms with van der Waals surface area (Å²) < 4.78 is 44.8. The third-order valence-electron chi connectivity index (χ3n) is 5.08. The first-order valence-corrected chi connectivity index (χ1v) is 11.8. The molecule has 0 spiro atoms. The number of hydrogen-bond acceptors (Lipinski definition) is 7. The number of fused-ring (bicyclic) bond motifs is 1. The molecule has 0 radical (unpaired) electrons. The van der Waals surface area contributed by atoms with E-state index in [1.54, 1.807) is 42.6 Å². The van der Waals surface area contributed by atoms with E-state index >= 15 is 0 Å². The fraction of sp³-hybridized carbons (Fsp3) is 0.0833. The Morgan fingerprint density at radius 3 is 2.56 bits per heavy atom. The molecule has 0 fully saturated rings. The Kier molecular flexibility index (Phi) is 5.64. The molecular weight excluding hydrogens is 458 g/mol. The normalized spacial score (nSPS) is 12.7. The van der Waals surface area contributed by atoms with Crippen LogP contribution in [0.3, 0.4) is 0 Å². The number of para-hydroxylation sites is 1. The van der Waals surface area contributed by atoms with Crippen LogP contribution in [0.25, 0.3) is 11.3 Å². The van der Waals surface area contributed by atoms with Crippen LogP contribution in [-0.2, 0) is 10.0 Å². The minimum Gasteiger partial charge on any atom is -0.486 e. The second-order valence-corrected chi connectivity index (χ2v) is 9.04. The van der Waals surface area contributed by atoms with E-state index in [4.69, 9.17) is 13.9 Å². The largest absolute Gasteiger partial charge is 0.486 e. The smallest absolute Gasteiger partial charge is 0.262 e. The molecule has 0 saturated heterocycles. The number of nitrogens with one attached hydrogen (secondary N) is 2. The van der Waals surface area contributed by atoms with Crippen molar-refractivity contribution in [2.45, 2.75) is 4.90 Å². The quantitative estimate of drug-likeness (QED) is 0.428. The summed E-state index contributed by atoms with van der Waals surface area (Å²) in [6, 6.07) is 17.8. The van der Waals surface area contributed by atoms with Gasteiger partial charge in [0.15, 0.2) is 23.7 Å². The number of ether oxygens (including phenoxy) is 2. The molecule has 4 aromatic rings. The summed E-state index contributed by atoms with van der Waals surface area (Å²) in [5, 5.41) is 2.80. The molecule has 0 saturated carbocycles. The Morgan fingerprint density at radius 2 is 1.74 bits per heavy atom. The highest BCUT2D eigenvalue weighted by molar-refractivity contribution is 7.92. The molecule has 1 aliphatic rings. The summed E-state index contributed by atoms with van der Waals surface area (Å²) in [6.07, 6.45) is 2.90. The Labute approximate surface area is 195 Å². The molecule has 1 aromatic heterocycles. The average Bonchev–Trinajstić information content (AvgIpc) is 3.39. The van der Waals surface area contributed by atoms with Crippen molar-refractivity contribution in [2.24, 2.45) is 0 Å². The van der Waals surface area contributed by atoms with Gasteiger partial charge < -0.3 is 19.2 Å².